The second kappa shape index (κ2) is 6.76. The van der Waals surface area contributed by atoms with E-state index < -0.39 is 0 Å². The molecular formula is C19H31N. The molecule has 0 bridgehead atoms. The summed E-state index contributed by atoms with van der Waals surface area (Å²) in [6.45, 7) is 13.0. The van der Waals surface area contributed by atoms with Gasteiger partial charge in [-0.3, -0.25) is 0 Å². The molecule has 1 fully saturated rings. The van der Waals surface area contributed by atoms with Gasteiger partial charge < -0.3 is 4.90 Å². The lowest BCUT2D eigenvalue weighted by molar-refractivity contribution is 0.184. The van der Waals surface area contributed by atoms with Gasteiger partial charge in [-0.15, -0.1) is 0 Å². The van der Waals surface area contributed by atoms with Gasteiger partial charge in [0.15, 0.2) is 0 Å². The first-order valence-corrected chi connectivity index (χ1v) is 8.31. The number of piperidine rings is 1. The van der Waals surface area contributed by atoms with E-state index in [4.69, 9.17) is 0 Å². The average Bonchev–Trinajstić information content (AvgIpc) is 2.45. The maximum Gasteiger partial charge on any atom is 0.00218 e. The van der Waals surface area contributed by atoms with Crippen LogP contribution in [0, 0.1) is 5.92 Å². The monoisotopic (exact) mass is 273 g/mol. The van der Waals surface area contributed by atoms with Gasteiger partial charge >= 0.3 is 0 Å². The molecule has 1 aliphatic heterocycles. The molecule has 1 aromatic rings. The van der Waals surface area contributed by atoms with Crippen LogP contribution in [0.2, 0.25) is 0 Å². The van der Waals surface area contributed by atoms with E-state index in [1.165, 1.54) is 56.4 Å². The summed E-state index contributed by atoms with van der Waals surface area (Å²) in [5, 5.41) is 0. The summed E-state index contributed by atoms with van der Waals surface area (Å²) < 4.78 is 0. The Bertz CT molecular complexity index is 391. The van der Waals surface area contributed by atoms with E-state index in [0.29, 0.717) is 0 Å². The molecule has 2 rings (SSSR count). The van der Waals surface area contributed by atoms with Crippen LogP contribution in [0.15, 0.2) is 24.3 Å². The normalized spacial score (nSPS) is 18.4. The van der Waals surface area contributed by atoms with E-state index in [0.717, 1.165) is 5.92 Å². The van der Waals surface area contributed by atoms with E-state index in [-0.39, 0.29) is 5.41 Å². The first-order valence-electron chi connectivity index (χ1n) is 8.31. The zero-order chi connectivity index (χ0) is 14.6. The molecule has 0 radical (unpaired) electrons. The van der Waals surface area contributed by atoms with Crippen LogP contribution in [0.3, 0.4) is 0 Å². The lowest BCUT2D eigenvalue weighted by atomic mass is 9.86. The van der Waals surface area contributed by atoms with Crippen LogP contribution in [0.25, 0.3) is 0 Å². The maximum absolute atomic E-state index is 2.64. The lowest BCUT2D eigenvalue weighted by Gasteiger charge is -2.31. The minimum Gasteiger partial charge on any atom is -0.303 e. The molecule has 112 valence electrons. The van der Waals surface area contributed by atoms with Gasteiger partial charge in [-0.2, -0.15) is 0 Å². The molecule has 0 atom stereocenters. The molecule has 1 nitrogen and oxygen atoms in total. The summed E-state index contributed by atoms with van der Waals surface area (Å²) in [6.07, 6.45) is 5.36. The molecule has 0 amide bonds. The van der Waals surface area contributed by atoms with Crippen LogP contribution in [-0.2, 0) is 11.8 Å². The van der Waals surface area contributed by atoms with Crippen molar-refractivity contribution in [2.24, 2.45) is 5.92 Å². The Morgan fingerprint density at radius 3 is 2.15 bits per heavy atom. The number of rotatable bonds is 4. The molecule has 0 aliphatic carbocycles. The van der Waals surface area contributed by atoms with Crippen LogP contribution >= 0.6 is 0 Å². The van der Waals surface area contributed by atoms with Gasteiger partial charge in [0.25, 0.3) is 0 Å². The fourth-order valence-corrected chi connectivity index (χ4v) is 3.08. The average molecular weight is 273 g/mol. The van der Waals surface area contributed by atoms with Gasteiger partial charge in [0.1, 0.15) is 0 Å². The Labute approximate surface area is 125 Å². The fourth-order valence-electron chi connectivity index (χ4n) is 3.08. The highest BCUT2D eigenvalue weighted by Crippen LogP contribution is 2.23. The Kier molecular flexibility index (Phi) is 5.26. The molecule has 1 heterocycles. The van der Waals surface area contributed by atoms with Crippen LogP contribution < -0.4 is 0 Å². The van der Waals surface area contributed by atoms with E-state index in [1.807, 2.05) is 0 Å². The zero-order valence-corrected chi connectivity index (χ0v) is 13.8. The molecule has 0 unspecified atom stereocenters. The Morgan fingerprint density at radius 2 is 1.65 bits per heavy atom. The minimum absolute atomic E-state index is 0.264. The molecule has 0 saturated carbocycles. The maximum atomic E-state index is 2.64. The first kappa shape index (κ1) is 15.6. The second-order valence-corrected chi connectivity index (χ2v) is 7.39. The Hall–Kier alpha value is -0.820. The summed E-state index contributed by atoms with van der Waals surface area (Å²) in [5.41, 5.74) is 3.18. The van der Waals surface area contributed by atoms with Gasteiger partial charge in [0, 0.05) is 6.54 Å². The summed E-state index contributed by atoms with van der Waals surface area (Å²) >= 11 is 0. The predicted octanol–water partition coefficient (Wildman–Crippen LogP) is 4.65. The van der Waals surface area contributed by atoms with Gasteiger partial charge in [0.2, 0.25) is 0 Å². The lowest BCUT2D eigenvalue weighted by Crippen LogP contribution is -2.34. The van der Waals surface area contributed by atoms with Crippen molar-refractivity contribution < 1.29 is 0 Å². The number of benzene rings is 1. The van der Waals surface area contributed by atoms with E-state index >= 15 is 0 Å². The summed E-state index contributed by atoms with van der Waals surface area (Å²) in [5.74, 6) is 0.984. The van der Waals surface area contributed by atoms with Crippen molar-refractivity contribution in [3.63, 3.8) is 0 Å². The summed E-state index contributed by atoms with van der Waals surface area (Å²) in [4.78, 5) is 2.64. The number of hydrogen-bond acceptors (Lipinski definition) is 1. The zero-order valence-electron chi connectivity index (χ0n) is 13.8. The highest BCUT2D eigenvalue weighted by atomic mass is 15.1. The highest BCUT2D eigenvalue weighted by Gasteiger charge is 2.17. The quantitative estimate of drug-likeness (QED) is 0.772. The number of hydrogen-bond donors (Lipinski definition) is 0. The third-order valence-corrected chi connectivity index (χ3v) is 4.82. The van der Waals surface area contributed by atoms with Crippen molar-refractivity contribution in [3.8, 4) is 0 Å². The SMILES string of the molecule is CCC1CCN(CCc2ccc(C(C)(C)C)cc2)CC1. The fraction of sp³-hybridized carbons (Fsp3) is 0.684. The van der Waals surface area contributed by atoms with Gasteiger partial charge in [-0.1, -0.05) is 58.4 Å². The standard InChI is InChI=1S/C19H31N/c1-5-16-10-13-20(14-11-16)15-12-17-6-8-18(9-7-17)19(2,3)4/h6-9,16H,5,10-15H2,1-4H3. The van der Waals surface area contributed by atoms with Crippen molar-refractivity contribution in [1.29, 1.82) is 0 Å². The van der Waals surface area contributed by atoms with Crippen molar-refractivity contribution in [3.05, 3.63) is 35.4 Å². The molecular weight excluding hydrogens is 242 g/mol. The minimum atomic E-state index is 0.264. The van der Waals surface area contributed by atoms with Crippen molar-refractivity contribution >= 4 is 0 Å². The molecule has 0 aromatic heterocycles. The van der Waals surface area contributed by atoms with Crippen molar-refractivity contribution in [2.45, 2.75) is 58.8 Å². The molecule has 1 aromatic carbocycles. The van der Waals surface area contributed by atoms with Gasteiger partial charge in [-0.05, 0) is 54.8 Å². The van der Waals surface area contributed by atoms with Crippen molar-refractivity contribution in [1.82, 2.24) is 4.90 Å². The number of likely N-dealkylation sites (tertiary alicyclic amines) is 1. The smallest absolute Gasteiger partial charge is 0.00218 e. The molecule has 1 heteroatoms. The molecule has 1 saturated heterocycles. The van der Waals surface area contributed by atoms with Gasteiger partial charge in [0.05, 0.1) is 0 Å². The second-order valence-electron chi connectivity index (χ2n) is 7.39. The van der Waals surface area contributed by atoms with Crippen molar-refractivity contribution in [2.75, 3.05) is 19.6 Å². The summed E-state index contributed by atoms with van der Waals surface area (Å²) in [7, 11) is 0. The first-order chi connectivity index (χ1) is 9.49. The van der Waals surface area contributed by atoms with E-state index in [9.17, 15) is 0 Å². The Morgan fingerprint density at radius 1 is 1.05 bits per heavy atom. The van der Waals surface area contributed by atoms with Crippen LogP contribution in [0.1, 0.15) is 58.1 Å². The molecule has 0 N–H and O–H groups in total. The van der Waals surface area contributed by atoms with Crippen LogP contribution in [0.4, 0.5) is 0 Å². The molecule has 20 heavy (non-hydrogen) atoms. The topological polar surface area (TPSA) is 3.24 Å². The third-order valence-electron chi connectivity index (χ3n) is 4.82. The van der Waals surface area contributed by atoms with Crippen LogP contribution in [-0.4, -0.2) is 24.5 Å². The van der Waals surface area contributed by atoms with E-state index in [2.05, 4.69) is 56.9 Å². The Balaban J connectivity index is 1.80. The molecule has 1 aliphatic rings. The summed E-state index contributed by atoms with van der Waals surface area (Å²) in [6, 6.07) is 9.25. The predicted molar refractivity (Wildman–Crippen MR) is 88.3 cm³/mol. The number of nitrogens with zero attached hydrogens (tertiary/aromatic N) is 1. The largest absolute Gasteiger partial charge is 0.303 e. The van der Waals surface area contributed by atoms with E-state index in [1.54, 1.807) is 0 Å². The third kappa shape index (κ3) is 4.34. The molecule has 0 spiro atoms. The van der Waals surface area contributed by atoms with Gasteiger partial charge in [-0.25, -0.2) is 0 Å². The highest BCUT2D eigenvalue weighted by molar-refractivity contribution is 5.27. The van der Waals surface area contributed by atoms with Crippen LogP contribution in [0.5, 0.6) is 0 Å².